The zero-order valence-corrected chi connectivity index (χ0v) is 11.9. The number of hydrogen-bond donors (Lipinski definition) is 1. The molecule has 0 aliphatic heterocycles. The predicted octanol–water partition coefficient (Wildman–Crippen LogP) is 3.86. The number of hydrogen-bond acceptors (Lipinski definition) is 2. The lowest BCUT2D eigenvalue weighted by atomic mass is 9.96. The van der Waals surface area contributed by atoms with Crippen LogP contribution in [0.4, 0.5) is 5.69 Å². The molecule has 0 saturated heterocycles. The summed E-state index contributed by atoms with van der Waals surface area (Å²) in [5.74, 6) is 0.334. The number of allylic oxidation sites excluding steroid dienone is 1. The highest BCUT2D eigenvalue weighted by atomic mass is 16.1. The molecule has 2 nitrogen and oxygen atoms in total. The van der Waals surface area contributed by atoms with E-state index >= 15 is 0 Å². The second-order valence-corrected chi connectivity index (χ2v) is 5.47. The molecule has 2 atom stereocenters. The van der Waals surface area contributed by atoms with E-state index in [-0.39, 0.29) is 12.0 Å². The van der Waals surface area contributed by atoms with Gasteiger partial charge in [0.2, 0.25) is 0 Å². The van der Waals surface area contributed by atoms with Crippen LogP contribution in [-0.2, 0) is 11.2 Å². The third kappa shape index (κ3) is 3.60. The van der Waals surface area contributed by atoms with E-state index in [4.69, 9.17) is 0 Å². The van der Waals surface area contributed by atoms with E-state index in [0.717, 1.165) is 17.7 Å². The van der Waals surface area contributed by atoms with E-state index in [9.17, 15) is 4.79 Å². The fourth-order valence-electron chi connectivity index (χ4n) is 2.72. The lowest BCUT2D eigenvalue weighted by molar-refractivity contribution is -0.120. The topological polar surface area (TPSA) is 29.1 Å². The molecule has 2 heteroatoms. The first-order valence-corrected chi connectivity index (χ1v) is 7.38. The average molecular weight is 277 g/mol. The summed E-state index contributed by atoms with van der Waals surface area (Å²) in [6.45, 7) is 0. The highest BCUT2D eigenvalue weighted by Gasteiger charge is 2.24. The van der Waals surface area contributed by atoms with Crippen LogP contribution >= 0.6 is 0 Å². The number of nitrogens with one attached hydrogen (secondary N) is 1. The standard InChI is InChI=1S/C19H19NO/c21-19(13-15-7-3-1-4-8-15)16-11-12-18(14-16)20-17-9-5-2-6-10-17/h1-12,16,18,20H,13-14H2/t16-,18+/m0/s1. The van der Waals surface area contributed by atoms with Crippen LogP contribution < -0.4 is 5.32 Å². The Bertz CT molecular complexity index is 619. The summed E-state index contributed by atoms with van der Waals surface area (Å²) in [5, 5.41) is 3.45. The first-order valence-electron chi connectivity index (χ1n) is 7.38. The van der Waals surface area contributed by atoms with Gasteiger partial charge in [0, 0.05) is 24.1 Å². The molecule has 0 radical (unpaired) electrons. The summed E-state index contributed by atoms with van der Waals surface area (Å²) in [4.78, 5) is 12.3. The zero-order valence-electron chi connectivity index (χ0n) is 11.9. The molecule has 0 bridgehead atoms. The summed E-state index contributed by atoms with van der Waals surface area (Å²) in [5.41, 5.74) is 2.19. The van der Waals surface area contributed by atoms with E-state index in [2.05, 4.69) is 11.4 Å². The maximum absolute atomic E-state index is 12.3. The maximum atomic E-state index is 12.3. The Morgan fingerprint density at radius 3 is 2.33 bits per heavy atom. The van der Waals surface area contributed by atoms with Crippen LogP contribution in [0.1, 0.15) is 12.0 Å². The molecule has 1 aliphatic rings. The van der Waals surface area contributed by atoms with Crippen LogP contribution in [0.25, 0.3) is 0 Å². The molecule has 2 aromatic carbocycles. The molecular formula is C19H19NO. The van der Waals surface area contributed by atoms with Gasteiger partial charge in [-0.2, -0.15) is 0 Å². The smallest absolute Gasteiger partial charge is 0.144 e. The Labute approximate surface area is 125 Å². The molecule has 0 unspecified atom stereocenters. The molecule has 0 spiro atoms. The van der Waals surface area contributed by atoms with E-state index in [0.29, 0.717) is 12.2 Å². The van der Waals surface area contributed by atoms with Crippen molar-refractivity contribution in [3.05, 3.63) is 78.4 Å². The molecule has 0 aromatic heterocycles. The first-order chi connectivity index (χ1) is 10.3. The van der Waals surface area contributed by atoms with Gasteiger partial charge in [0.1, 0.15) is 5.78 Å². The van der Waals surface area contributed by atoms with Crippen molar-refractivity contribution in [1.82, 2.24) is 0 Å². The van der Waals surface area contributed by atoms with E-state index < -0.39 is 0 Å². The third-order valence-electron chi connectivity index (χ3n) is 3.84. The third-order valence-corrected chi connectivity index (χ3v) is 3.84. The monoisotopic (exact) mass is 277 g/mol. The van der Waals surface area contributed by atoms with Crippen molar-refractivity contribution in [2.75, 3.05) is 5.32 Å². The van der Waals surface area contributed by atoms with Crippen molar-refractivity contribution in [1.29, 1.82) is 0 Å². The first kappa shape index (κ1) is 13.6. The second-order valence-electron chi connectivity index (χ2n) is 5.47. The van der Waals surface area contributed by atoms with Gasteiger partial charge < -0.3 is 5.32 Å². The normalized spacial score (nSPS) is 20.4. The van der Waals surface area contributed by atoms with Gasteiger partial charge in [0.15, 0.2) is 0 Å². The molecule has 0 saturated carbocycles. The van der Waals surface area contributed by atoms with Crippen molar-refractivity contribution in [2.24, 2.45) is 5.92 Å². The number of anilines is 1. The lowest BCUT2D eigenvalue weighted by Gasteiger charge is -2.14. The molecule has 1 aliphatic carbocycles. The number of carbonyl (C=O) groups excluding carboxylic acids is 1. The maximum Gasteiger partial charge on any atom is 0.144 e. The summed E-state index contributed by atoms with van der Waals surface area (Å²) in [6, 6.07) is 20.3. The van der Waals surface area contributed by atoms with Gasteiger partial charge >= 0.3 is 0 Å². The Hall–Kier alpha value is -2.35. The molecule has 0 heterocycles. The predicted molar refractivity (Wildman–Crippen MR) is 86.3 cm³/mol. The Morgan fingerprint density at radius 1 is 0.952 bits per heavy atom. The number of rotatable bonds is 5. The minimum atomic E-state index is 0.0337. The van der Waals surface area contributed by atoms with E-state index in [1.165, 1.54) is 0 Å². The zero-order chi connectivity index (χ0) is 14.5. The van der Waals surface area contributed by atoms with Gasteiger partial charge in [0.25, 0.3) is 0 Å². The number of ketones is 1. The Balaban J connectivity index is 1.55. The quantitative estimate of drug-likeness (QED) is 0.841. The van der Waals surface area contributed by atoms with Crippen LogP contribution in [0.2, 0.25) is 0 Å². The molecule has 2 aromatic rings. The van der Waals surface area contributed by atoms with Crippen LogP contribution in [-0.4, -0.2) is 11.8 Å². The minimum absolute atomic E-state index is 0.0337. The largest absolute Gasteiger partial charge is 0.379 e. The van der Waals surface area contributed by atoms with Crippen LogP contribution in [0, 0.1) is 5.92 Å². The van der Waals surface area contributed by atoms with Gasteiger partial charge in [-0.15, -0.1) is 0 Å². The molecule has 21 heavy (non-hydrogen) atoms. The molecule has 0 fully saturated rings. The number of carbonyl (C=O) groups is 1. The molecule has 0 amide bonds. The second kappa shape index (κ2) is 6.40. The fourth-order valence-corrected chi connectivity index (χ4v) is 2.72. The molecular weight excluding hydrogens is 258 g/mol. The Morgan fingerprint density at radius 2 is 1.62 bits per heavy atom. The van der Waals surface area contributed by atoms with E-state index in [1.807, 2.05) is 66.7 Å². The summed E-state index contributed by atoms with van der Waals surface area (Å²) < 4.78 is 0. The van der Waals surface area contributed by atoms with Crippen LogP contribution in [0.3, 0.4) is 0 Å². The highest BCUT2D eigenvalue weighted by molar-refractivity contribution is 5.85. The van der Waals surface area contributed by atoms with Crippen molar-refractivity contribution in [3.63, 3.8) is 0 Å². The summed E-state index contributed by atoms with van der Waals surface area (Å²) in [6.07, 6.45) is 5.53. The van der Waals surface area contributed by atoms with Gasteiger partial charge in [0.05, 0.1) is 0 Å². The van der Waals surface area contributed by atoms with E-state index in [1.54, 1.807) is 0 Å². The number of para-hydroxylation sites is 1. The highest BCUT2D eigenvalue weighted by Crippen LogP contribution is 2.23. The fraction of sp³-hybridized carbons (Fsp3) is 0.211. The van der Waals surface area contributed by atoms with Crippen molar-refractivity contribution < 1.29 is 4.79 Å². The van der Waals surface area contributed by atoms with Crippen LogP contribution in [0.5, 0.6) is 0 Å². The van der Waals surface area contributed by atoms with Crippen LogP contribution in [0.15, 0.2) is 72.8 Å². The SMILES string of the molecule is O=C(Cc1ccccc1)[C@H]1C=C[C@@H](Nc2ccccc2)C1. The van der Waals surface area contributed by atoms with Gasteiger partial charge in [-0.25, -0.2) is 0 Å². The molecule has 1 N–H and O–H groups in total. The average Bonchev–Trinajstić information content (AvgIpc) is 2.98. The summed E-state index contributed by atoms with van der Waals surface area (Å²) >= 11 is 0. The number of Topliss-reactive ketones (excluding diaryl/α,β-unsaturated/α-hetero) is 1. The minimum Gasteiger partial charge on any atom is -0.379 e. The van der Waals surface area contributed by atoms with Crippen molar-refractivity contribution >= 4 is 11.5 Å². The van der Waals surface area contributed by atoms with Gasteiger partial charge in [-0.05, 0) is 24.1 Å². The Kier molecular flexibility index (Phi) is 4.15. The molecule has 106 valence electrons. The lowest BCUT2D eigenvalue weighted by Crippen LogP contribution is -2.20. The van der Waals surface area contributed by atoms with Gasteiger partial charge in [-0.3, -0.25) is 4.79 Å². The van der Waals surface area contributed by atoms with Crippen molar-refractivity contribution in [2.45, 2.75) is 18.9 Å². The van der Waals surface area contributed by atoms with Gasteiger partial charge in [-0.1, -0.05) is 60.7 Å². The van der Waals surface area contributed by atoms with Crippen molar-refractivity contribution in [3.8, 4) is 0 Å². The number of benzene rings is 2. The molecule has 3 rings (SSSR count). The summed E-state index contributed by atoms with van der Waals surface area (Å²) in [7, 11) is 0.